The normalized spacial score (nSPS) is 27.3. The van der Waals surface area contributed by atoms with Crippen LogP contribution in [0.5, 0.6) is 5.75 Å². The van der Waals surface area contributed by atoms with Gasteiger partial charge in [-0.15, -0.1) is 13.2 Å². The van der Waals surface area contributed by atoms with Gasteiger partial charge >= 0.3 is 0 Å². The number of carbonyl (C=O) groups excluding carboxylic acids is 3. The molecule has 10 heteroatoms. The number of aliphatic hydroxyl groups excluding tert-OH is 1. The average molecular weight is 675 g/mol. The fourth-order valence-corrected chi connectivity index (χ4v) is 8.11. The Hall–Kier alpha value is -2.69. The van der Waals surface area contributed by atoms with Gasteiger partial charge < -0.3 is 29.3 Å². The zero-order valence-corrected chi connectivity index (χ0v) is 28.1. The molecule has 3 aliphatic rings. The Labute approximate surface area is 270 Å². The maximum Gasteiger partial charge on any atom is 0.249 e. The number of aliphatic hydroxyl groups is 1. The smallest absolute Gasteiger partial charge is 0.249 e. The third-order valence-corrected chi connectivity index (χ3v) is 9.88. The predicted octanol–water partition coefficient (Wildman–Crippen LogP) is 4.72. The van der Waals surface area contributed by atoms with Gasteiger partial charge in [0.05, 0.1) is 24.5 Å². The number of hydrogen-bond acceptors (Lipinski definition) is 6. The molecule has 2 bridgehead atoms. The number of ether oxygens (including phenoxy) is 2. The van der Waals surface area contributed by atoms with Crippen LogP contribution in [-0.4, -0.2) is 93.6 Å². The van der Waals surface area contributed by atoms with E-state index in [0.717, 1.165) is 12.8 Å². The molecule has 3 aliphatic heterocycles. The number of nitrogens with zero attached hydrogens (tertiary/aromatic N) is 3. The third kappa shape index (κ3) is 6.35. The van der Waals surface area contributed by atoms with E-state index in [1.165, 1.54) is 0 Å². The summed E-state index contributed by atoms with van der Waals surface area (Å²) in [6.45, 7) is 17.2. The molecule has 242 valence electrons. The van der Waals surface area contributed by atoms with Crippen LogP contribution in [0.1, 0.15) is 59.8 Å². The molecule has 1 N–H and O–H groups in total. The summed E-state index contributed by atoms with van der Waals surface area (Å²) in [4.78, 5) is 48.5. The second-order valence-electron chi connectivity index (χ2n) is 12.9. The highest BCUT2D eigenvalue weighted by Gasteiger charge is 2.77. The molecule has 1 aromatic rings. The predicted molar refractivity (Wildman–Crippen MR) is 175 cm³/mol. The molecule has 0 aromatic heterocycles. The zero-order chi connectivity index (χ0) is 32.2. The molecule has 6 atom stereocenters. The summed E-state index contributed by atoms with van der Waals surface area (Å²) < 4.78 is 12.3. The maximum atomic E-state index is 14.6. The Kier molecular flexibility index (Phi) is 11.0. The highest BCUT2D eigenvalue weighted by Crippen LogP contribution is 2.60. The monoisotopic (exact) mass is 673 g/mol. The van der Waals surface area contributed by atoms with Crippen molar-refractivity contribution in [1.29, 1.82) is 0 Å². The van der Waals surface area contributed by atoms with Gasteiger partial charge in [-0.2, -0.15) is 0 Å². The molecule has 3 amide bonds. The molecular formula is C34H48BrN3O6. The van der Waals surface area contributed by atoms with Crippen LogP contribution in [0.15, 0.2) is 49.6 Å². The summed E-state index contributed by atoms with van der Waals surface area (Å²) >= 11 is 3.78. The molecule has 1 aromatic carbocycles. The number of amides is 3. The van der Waals surface area contributed by atoms with E-state index in [4.69, 9.17) is 9.47 Å². The van der Waals surface area contributed by atoms with E-state index >= 15 is 0 Å². The van der Waals surface area contributed by atoms with Crippen LogP contribution in [-0.2, 0) is 19.1 Å². The van der Waals surface area contributed by atoms with Gasteiger partial charge in [0.1, 0.15) is 17.4 Å². The summed E-state index contributed by atoms with van der Waals surface area (Å²) in [7, 11) is 0. The van der Waals surface area contributed by atoms with E-state index < -0.39 is 35.1 Å². The van der Waals surface area contributed by atoms with Gasteiger partial charge in [-0.05, 0) is 71.2 Å². The van der Waals surface area contributed by atoms with Crippen molar-refractivity contribution < 1.29 is 29.0 Å². The van der Waals surface area contributed by atoms with Crippen molar-refractivity contribution >= 4 is 39.3 Å². The number of hydrogen-bond donors (Lipinski definition) is 1. The van der Waals surface area contributed by atoms with Gasteiger partial charge in [0, 0.05) is 42.3 Å². The molecule has 0 aliphatic carbocycles. The molecule has 0 radical (unpaired) electrons. The second kappa shape index (κ2) is 14.2. The molecule has 3 saturated heterocycles. The molecule has 3 unspecified atom stereocenters. The summed E-state index contributed by atoms with van der Waals surface area (Å²) in [5.74, 6) is -1.48. The Bertz CT molecular complexity index is 1220. The summed E-state index contributed by atoms with van der Waals surface area (Å²) in [5, 5.41) is 9.22. The lowest BCUT2D eigenvalue weighted by molar-refractivity contribution is -0.151. The van der Waals surface area contributed by atoms with E-state index in [9.17, 15) is 19.5 Å². The van der Waals surface area contributed by atoms with Crippen molar-refractivity contribution in [3.8, 4) is 5.75 Å². The van der Waals surface area contributed by atoms with Crippen molar-refractivity contribution in [3.05, 3.63) is 49.6 Å². The molecule has 1 spiro atoms. The number of likely N-dealkylation sites (tertiary alicyclic amines) is 1. The Morgan fingerprint density at radius 2 is 1.77 bits per heavy atom. The van der Waals surface area contributed by atoms with Crippen molar-refractivity contribution in [3.63, 3.8) is 0 Å². The first-order chi connectivity index (χ1) is 21.0. The molecule has 0 saturated carbocycles. The number of alkyl halides is 1. The number of halogens is 1. The number of rotatable bonds is 15. The van der Waals surface area contributed by atoms with E-state index in [1.807, 2.05) is 52.0 Å². The number of unbranched alkanes of at least 4 members (excludes halogenated alkanes) is 3. The number of carbonyl (C=O) groups is 3. The van der Waals surface area contributed by atoms with Crippen molar-refractivity contribution in [2.24, 2.45) is 11.8 Å². The largest absolute Gasteiger partial charge is 0.494 e. The molecular weight excluding hydrogens is 626 g/mol. The van der Waals surface area contributed by atoms with Crippen molar-refractivity contribution in [2.75, 3.05) is 37.7 Å². The average Bonchev–Trinajstić information content (AvgIpc) is 3.57. The molecule has 9 nitrogen and oxygen atoms in total. The third-order valence-electron chi connectivity index (χ3n) is 9.04. The van der Waals surface area contributed by atoms with E-state index in [-0.39, 0.29) is 35.7 Å². The minimum absolute atomic E-state index is 0.123. The molecule has 4 rings (SSSR count). The van der Waals surface area contributed by atoms with Crippen molar-refractivity contribution in [2.45, 2.75) is 87.9 Å². The van der Waals surface area contributed by atoms with Gasteiger partial charge in [-0.25, -0.2) is 0 Å². The van der Waals surface area contributed by atoms with Gasteiger partial charge in [-0.3, -0.25) is 14.4 Å². The van der Waals surface area contributed by atoms with Gasteiger partial charge in [0.2, 0.25) is 17.7 Å². The first kappa shape index (κ1) is 34.2. The number of benzene rings is 1. The summed E-state index contributed by atoms with van der Waals surface area (Å²) in [5.41, 5.74) is -0.990. The minimum atomic E-state index is -1.14. The summed E-state index contributed by atoms with van der Waals surface area (Å²) in [6.07, 6.45) is 6.28. The number of fused-ring (bicyclic) bond motifs is 1. The Balaban J connectivity index is 1.74. The lowest BCUT2D eigenvalue weighted by Crippen LogP contribution is -2.60. The highest BCUT2D eigenvalue weighted by atomic mass is 79.9. The van der Waals surface area contributed by atoms with E-state index in [0.29, 0.717) is 50.4 Å². The molecule has 44 heavy (non-hydrogen) atoms. The molecule has 3 heterocycles. The second-order valence-corrected chi connectivity index (χ2v) is 14.1. The van der Waals surface area contributed by atoms with Gasteiger partial charge in [0.15, 0.2) is 0 Å². The van der Waals surface area contributed by atoms with Crippen LogP contribution in [0.3, 0.4) is 0 Å². The Morgan fingerprint density at radius 1 is 1.11 bits per heavy atom. The first-order valence-electron chi connectivity index (χ1n) is 15.8. The molecule has 3 fully saturated rings. The fourth-order valence-electron chi connectivity index (χ4n) is 7.17. The van der Waals surface area contributed by atoms with Crippen LogP contribution in [0, 0.1) is 11.8 Å². The van der Waals surface area contributed by atoms with Crippen LogP contribution in [0.4, 0.5) is 5.69 Å². The van der Waals surface area contributed by atoms with Gasteiger partial charge in [0.25, 0.3) is 0 Å². The quantitative estimate of drug-likeness (QED) is 0.164. The first-order valence-corrected chi connectivity index (χ1v) is 16.7. The van der Waals surface area contributed by atoms with Crippen molar-refractivity contribution in [1.82, 2.24) is 9.80 Å². The van der Waals surface area contributed by atoms with Crippen LogP contribution >= 0.6 is 15.9 Å². The van der Waals surface area contributed by atoms with E-state index in [2.05, 4.69) is 29.1 Å². The Morgan fingerprint density at radius 3 is 2.36 bits per heavy atom. The lowest BCUT2D eigenvalue weighted by Gasteiger charge is -2.42. The van der Waals surface area contributed by atoms with Crippen LogP contribution in [0.2, 0.25) is 0 Å². The summed E-state index contributed by atoms with van der Waals surface area (Å²) in [6, 6.07) is 6.45. The van der Waals surface area contributed by atoms with E-state index in [1.54, 1.807) is 26.9 Å². The fraction of sp³-hybridized carbons (Fsp3) is 0.618. The topological polar surface area (TPSA) is 99.6 Å². The van der Waals surface area contributed by atoms with Gasteiger partial charge in [-0.1, -0.05) is 40.9 Å². The highest BCUT2D eigenvalue weighted by molar-refractivity contribution is 9.09. The lowest BCUT2D eigenvalue weighted by atomic mass is 9.70. The SMILES string of the molecule is C=CCN(C(=O)[C@H]1[C@H]2C(=O)N(CCCCCCO)C(C(=O)N(CC=C)C(C)(C)C)C23CC(Br)[C@@H]1O3)c1ccc(OCC)cc1. The minimum Gasteiger partial charge on any atom is -0.494 e. The standard InChI is InChI=1S/C34H48BrN3O6/c1-7-18-36(23-14-16-24(17-15-23)43-9-3)30(40)26-27-31(41)37(20-12-10-11-13-21-39)29(34(27)22-25(35)28(26)44-34)32(42)38(19-8-2)33(4,5)6/h7-8,14-17,25-29,39H,1-2,9-13,18-22H2,3-6H3/t25?,26-,27-,28-,29?,34?/m0/s1. The zero-order valence-electron chi connectivity index (χ0n) is 26.5. The maximum absolute atomic E-state index is 14.6. The van der Waals surface area contributed by atoms with Crippen LogP contribution < -0.4 is 9.64 Å². The van der Waals surface area contributed by atoms with Crippen LogP contribution in [0.25, 0.3) is 0 Å². The number of anilines is 1.